The number of carbonyl (C=O) groups excluding carboxylic acids is 3. The van der Waals surface area contributed by atoms with Crippen LogP contribution in [-0.4, -0.2) is 38.9 Å². The molecule has 0 aliphatic rings. The zero-order valence-electron chi connectivity index (χ0n) is 14.9. The third kappa shape index (κ3) is 6.44. The Morgan fingerprint density at radius 3 is 2.43 bits per heavy atom. The van der Waals surface area contributed by atoms with Crippen molar-refractivity contribution in [2.75, 3.05) is 11.9 Å². The maximum absolute atomic E-state index is 12.1. The van der Waals surface area contributed by atoms with Crippen LogP contribution in [0.1, 0.15) is 23.0 Å². The highest BCUT2D eigenvalue weighted by atomic mass is 32.2. The van der Waals surface area contributed by atoms with Gasteiger partial charge in [0.05, 0.1) is 16.2 Å². The average Bonchev–Trinajstić information content (AvgIpc) is 3.16. The molecule has 0 spiro atoms. The van der Waals surface area contributed by atoms with Gasteiger partial charge in [0.2, 0.25) is 10.0 Å². The van der Waals surface area contributed by atoms with E-state index in [2.05, 4.69) is 10.6 Å². The fraction of sp³-hybridized carbons (Fsp3) is 0.235. The molecule has 28 heavy (non-hydrogen) atoms. The largest absolute Gasteiger partial charge is 0.452 e. The highest BCUT2D eigenvalue weighted by Gasteiger charge is 2.18. The minimum atomic E-state index is -3.82. The maximum atomic E-state index is 12.1. The van der Waals surface area contributed by atoms with Crippen LogP contribution >= 0.6 is 11.3 Å². The predicted molar refractivity (Wildman–Crippen MR) is 103 cm³/mol. The topological polar surface area (TPSA) is 145 Å². The van der Waals surface area contributed by atoms with Crippen molar-refractivity contribution < 1.29 is 27.5 Å². The van der Waals surface area contributed by atoms with E-state index in [1.165, 1.54) is 42.5 Å². The molecule has 2 amide bonds. The second-order valence-corrected chi connectivity index (χ2v) is 8.18. The zero-order valence-corrected chi connectivity index (χ0v) is 16.5. The zero-order chi connectivity index (χ0) is 20.7. The molecular weight excluding hydrogens is 406 g/mol. The first-order chi connectivity index (χ1) is 13.2. The van der Waals surface area contributed by atoms with Crippen LogP contribution in [0.5, 0.6) is 0 Å². The number of hydrogen-bond acceptors (Lipinski definition) is 7. The van der Waals surface area contributed by atoms with E-state index < -0.39 is 28.0 Å². The molecule has 11 heteroatoms. The number of ether oxygens (including phenoxy) is 1. The molecule has 2 aromatic rings. The summed E-state index contributed by atoms with van der Waals surface area (Å²) in [7, 11) is -3.82. The third-order valence-electron chi connectivity index (χ3n) is 3.49. The first-order valence-corrected chi connectivity index (χ1v) is 10.5. The van der Waals surface area contributed by atoms with Crippen molar-refractivity contribution in [1.82, 2.24) is 5.32 Å². The number of esters is 1. The van der Waals surface area contributed by atoms with Gasteiger partial charge in [-0.05, 0) is 42.6 Å². The lowest BCUT2D eigenvalue weighted by atomic mass is 10.3. The molecule has 1 aromatic heterocycles. The Bertz CT molecular complexity index is 940. The van der Waals surface area contributed by atoms with Gasteiger partial charge in [0, 0.05) is 12.2 Å². The molecule has 9 nitrogen and oxygen atoms in total. The highest BCUT2D eigenvalue weighted by Crippen LogP contribution is 2.13. The first-order valence-electron chi connectivity index (χ1n) is 8.12. The number of benzene rings is 1. The van der Waals surface area contributed by atoms with Crippen molar-refractivity contribution >= 4 is 44.8 Å². The molecule has 4 N–H and O–H groups in total. The Morgan fingerprint density at radius 2 is 1.86 bits per heavy atom. The molecule has 0 radical (unpaired) electrons. The van der Waals surface area contributed by atoms with Crippen LogP contribution in [0.25, 0.3) is 0 Å². The number of amides is 2. The highest BCUT2D eigenvalue weighted by molar-refractivity contribution is 7.89. The number of anilines is 1. The normalized spacial score (nSPS) is 12.1. The SMILES string of the molecule is CC(OC(=O)CCNC(=O)c1cccs1)C(=O)Nc1ccc(S(N)(=O)=O)cc1. The number of primary sulfonamides is 1. The van der Waals surface area contributed by atoms with E-state index in [1.807, 2.05) is 0 Å². The summed E-state index contributed by atoms with van der Waals surface area (Å²) >= 11 is 1.29. The van der Waals surface area contributed by atoms with Crippen LogP contribution in [0.2, 0.25) is 0 Å². The monoisotopic (exact) mass is 425 g/mol. The molecule has 1 heterocycles. The molecular formula is C17H19N3O6S2. The molecule has 1 aromatic carbocycles. The van der Waals surface area contributed by atoms with Crippen LogP contribution < -0.4 is 15.8 Å². The molecule has 2 rings (SSSR count). The number of rotatable bonds is 8. The molecule has 1 atom stereocenters. The van der Waals surface area contributed by atoms with Crippen molar-refractivity contribution in [3.05, 3.63) is 46.7 Å². The summed E-state index contributed by atoms with van der Waals surface area (Å²) in [4.78, 5) is 36.1. The van der Waals surface area contributed by atoms with Crippen molar-refractivity contribution in [3.63, 3.8) is 0 Å². The summed E-state index contributed by atoms with van der Waals surface area (Å²) < 4.78 is 27.4. The van der Waals surface area contributed by atoms with Crippen LogP contribution in [0.4, 0.5) is 5.69 Å². The Balaban J connectivity index is 1.76. The summed E-state index contributed by atoms with van der Waals surface area (Å²) in [6, 6.07) is 8.64. The van der Waals surface area contributed by atoms with Gasteiger partial charge in [0.1, 0.15) is 0 Å². The third-order valence-corrected chi connectivity index (χ3v) is 5.29. The van der Waals surface area contributed by atoms with E-state index in [9.17, 15) is 22.8 Å². The summed E-state index contributed by atoms with van der Waals surface area (Å²) in [5.41, 5.74) is 0.323. The Morgan fingerprint density at radius 1 is 1.18 bits per heavy atom. The minimum absolute atomic E-state index is 0.0823. The second-order valence-electron chi connectivity index (χ2n) is 5.67. The van der Waals surface area contributed by atoms with Crippen molar-refractivity contribution in [2.24, 2.45) is 5.14 Å². The Labute approximate surface area is 165 Å². The van der Waals surface area contributed by atoms with Gasteiger partial charge in [-0.3, -0.25) is 14.4 Å². The quantitative estimate of drug-likeness (QED) is 0.540. The molecule has 1 unspecified atom stereocenters. The summed E-state index contributed by atoms with van der Waals surface area (Å²) in [5, 5.41) is 11.9. The van der Waals surface area contributed by atoms with Gasteiger partial charge in [0.25, 0.3) is 11.8 Å². The van der Waals surface area contributed by atoms with E-state index in [0.717, 1.165) is 0 Å². The maximum Gasteiger partial charge on any atom is 0.308 e. The van der Waals surface area contributed by atoms with E-state index in [0.29, 0.717) is 10.6 Å². The van der Waals surface area contributed by atoms with Gasteiger partial charge >= 0.3 is 5.97 Å². The second kappa shape index (κ2) is 9.44. The lowest BCUT2D eigenvalue weighted by Crippen LogP contribution is -2.31. The summed E-state index contributed by atoms with van der Waals surface area (Å²) in [6.07, 6.45) is -1.16. The van der Waals surface area contributed by atoms with Gasteiger partial charge in [-0.1, -0.05) is 6.07 Å². The van der Waals surface area contributed by atoms with Crippen molar-refractivity contribution in [1.29, 1.82) is 0 Å². The lowest BCUT2D eigenvalue weighted by molar-refractivity contribution is -0.153. The number of hydrogen-bond donors (Lipinski definition) is 3. The molecule has 0 bridgehead atoms. The van der Waals surface area contributed by atoms with Gasteiger partial charge in [0.15, 0.2) is 6.10 Å². The Hall–Kier alpha value is -2.76. The van der Waals surface area contributed by atoms with Gasteiger partial charge in [-0.25, -0.2) is 13.6 Å². The summed E-state index contributed by atoms with van der Waals surface area (Å²) in [5.74, 6) is -1.51. The molecule has 0 fully saturated rings. The number of nitrogens with two attached hydrogens (primary N) is 1. The summed E-state index contributed by atoms with van der Waals surface area (Å²) in [6.45, 7) is 1.48. The Kier molecular flexibility index (Phi) is 7.26. The standard InChI is InChI=1S/C17H19N3O6S2/c1-11(16(22)20-12-4-6-13(7-5-12)28(18,24)25)26-15(21)8-9-19-17(23)14-3-2-10-27-14/h2-7,10-11H,8-9H2,1H3,(H,19,23)(H,20,22)(H2,18,24,25). The van der Waals surface area contributed by atoms with Gasteiger partial charge in [-0.2, -0.15) is 0 Å². The molecule has 0 saturated heterocycles. The van der Waals surface area contributed by atoms with Crippen LogP contribution in [-0.2, 0) is 24.3 Å². The first kappa shape index (κ1) is 21.5. The van der Waals surface area contributed by atoms with E-state index >= 15 is 0 Å². The van der Waals surface area contributed by atoms with Crippen molar-refractivity contribution in [2.45, 2.75) is 24.3 Å². The van der Waals surface area contributed by atoms with Crippen LogP contribution in [0.3, 0.4) is 0 Å². The molecule has 0 aliphatic heterocycles. The van der Waals surface area contributed by atoms with E-state index in [1.54, 1.807) is 17.5 Å². The minimum Gasteiger partial charge on any atom is -0.452 e. The van der Waals surface area contributed by atoms with E-state index in [4.69, 9.17) is 9.88 Å². The van der Waals surface area contributed by atoms with Crippen LogP contribution in [0, 0.1) is 0 Å². The van der Waals surface area contributed by atoms with Gasteiger partial charge < -0.3 is 15.4 Å². The molecule has 0 saturated carbocycles. The number of nitrogens with one attached hydrogen (secondary N) is 2. The molecule has 0 aliphatic carbocycles. The molecule has 150 valence electrons. The number of thiophene rings is 1. The number of sulfonamides is 1. The lowest BCUT2D eigenvalue weighted by Gasteiger charge is -2.14. The number of carbonyl (C=O) groups is 3. The fourth-order valence-corrected chi connectivity index (χ4v) is 3.21. The van der Waals surface area contributed by atoms with Crippen molar-refractivity contribution in [3.8, 4) is 0 Å². The predicted octanol–water partition coefficient (Wildman–Crippen LogP) is 1.09. The fourth-order valence-electron chi connectivity index (χ4n) is 2.05. The van der Waals surface area contributed by atoms with E-state index in [-0.39, 0.29) is 23.8 Å². The van der Waals surface area contributed by atoms with Gasteiger partial charge in [-0.15, -0.1) is 11.3 Å². The average molecular weight is 425 g/mol. The smallest absolute Gasteiger partial charge is 0.308 e. The van der Waals surface area contributed by atoms with Crippen LogP contribution in [0.15, 0.2) is 46.7 Å².